The standard InChI is InChI=1S/C54H35N5/c1-3-5-21-37(4-2)58-46-29-13-11-23-42(46)51-44(28-17-32-48(51)58)54-56-52(36-19-7-6-8-20-36)55-53(57-54)41-27-15-26-40-39(41)25-16-31-45(40)59-47-30-14-12-24-43(47)50-38-22-10-9-18-35(38)33-34-49(50)59/h1,4-34H,2H3/b21-5-,37-4+. The second-order valence-electron chi connectivity index (χ2n) is 14.6. The van der Waals surface area contributed by atoms with Gasteiger partial charge in [-0.05, 0) is 65.6 Å². The molecule has 0 aliphatic rings. The van der Waals surface area contributed by atoms with Gasteiger partial charge >= 0.3 is 0 Å². The summed E-state index contributed by atoms with van der Waals surface area (Å²) in [6.07, 6.45) is 11.5. The van der Waals surface area contributed by atoms with Gasteiger partial charge < -0.3 is 9.13 Å². The Morgan fingerprint density at radius 2 is 1.10 bits per heavy atom. The van der Waals surface area contributed by atoms with Crippen LogP contribution in [0.25, 0.3) is 111 Å². The second-order valence-corrected chi connectivity index (χ2v) is 14.6. The summed E-state index contributed by atoms with van der Waals surface area (Å²) in [6.45, 7) is 2.03. The maximum atomic E-state index is 5.67. The van der Waals surface area contributed by atoms with Crippen molar-refractivity contribution in [3.63, 3.8) is 0 Å². The van der Waals surface area contributed by atoms with E-state index in [9.17, 15) is 0 Å². The van der Waals surface area contributed by atoms with Crippen LogP contribution in [-0.2, 0) is 0 Å². The van der Waals surface area contributed by atoms with E-state index in [1.165, 1.54) is 27.1 Å². The minimum absolute atomic E-state index is 0.603. The summed E-state index contributed by atoms with van der Waals surface area (Å²) >= 11 is 0. The Bertz CT molecular complexity index is 3580. The van der Waals surface area contributed by atoms with Gasteiger partial charge in [0.05, 0.1) is 27.8 Å². The first kappa shape index (κ1) is 34.2. The number of para-hydroxylation sites is 2. The fourth-order valence-electron chi connectivity index (χ4n) is 8.93. The summed E-state index contributed by atoms with van der Waals surface area (Å²) in [7, 11) is 0. The Morgan fingerprint density at radius 3 is 1.92 bits per heavy atom. The molecule has 0 atom stereocenters. The molecule has 59 heavy (non-hydrogen) atoms. The summed E-state index contributed by atoms with van der Waals surface area (Å²) in [6, 6.07) is 59.8. The molecule has 5 nitrogen and oxygen atoms in total. The highest BCUT2D eigenvalue weighted by Gasteiger charge is 2.22. The fourth-order valence-corrected chi connectivity index (χ4v) is 8.93. The number of aromatic nitrogens is 5. The van der Waals surface area contributed by atoms with Crippen molar-refractivity contribution >= 4 is 70.9 Å². The van der Waals surface area contributed by atoms with Gasteiger partial charge in [0.2, 0.25) is 0 Å². The lowest BCUT2D eigenvalue weighted by Crippen LogP contribution is -2.01. The summed E-state index contributed by atoms with van der Waals surface area (Å²) in [5.41, 5.74) is 9.29. The molecule has 0 aliphatic heterocycles. The Hall–Kier alpha value is -8.07. The van der Waals surface area contributed by atoms with Crippen molar-refractivity contribution in [2.24, 2.45) is 0 Å². The van der Waals surface area contributed by atoms with Crippen molar-refractivity contribution in [2.75, 3.05) is 0 Å². The molecule has 0 N–H and O–H groups in total. The third-order valence-electron chi connectivity index (χ3n) is 11.5. The zero-order valence-corrected chi connectivity index (χ0v) is 32.2. The van der Waals surface area contributed by atoms with E-state index in [1.807, 2.05) is 31.2 Å². The van der Waals surface area contributed by atoms with E-state index in [1.54, 1.807) is 6.08 Å². The van der Waals surface area contributed by atoms with Gasteiger partial charge in [0, 0.05) is 49.3 Å². The average Bonchev–Trinajstić information content (AvgIpc) is 3.82. The third kappa shape index (κ3) is 5.39. The second kappa shape index (κ2) is 13.8. The van der Waals surface area contributed by atoms with Gasteiger partial charge in [-0.1, -0.05) is 152 Å². The largest absolute Gasteiger partial charge is 0.310 e. The van der Waals surface area contributed by atoms with E-state index >= 15 is 0 Å². The summed E-state index contributed by atoms with van der Waals surface area (Å²) < 4.78 is 4.66. The minimum atomic E-state index is 0.603. The molecule has 0 aliphatic carbocycles. The monoisotopic (exact) mass is 753 g/mol. The maximum absolute atomic E-state index is 5.67. The van der Waals surface area contributed by atoms with Gasteiger partial charge in [0.25, 0.3) is 0 Å². The van der Waals surface area contributed by atoms with Gasteiger partial charge in [-0.25, -0.2) is 15.0 Å². The normalized spacial score (nSPS) is 12.2. The van der Waals surface area contributed by atoms with Crippen molar-refractivity contribution < 1.29 is 0 Å². The van der Waals surface area contributed by atoms with E-state index < -0.39 is 0 Å². The van der Waals surface area contributed by atoms with Crippen LogP contribution in [0.15, 0.2) is 188 Å². The van der Waals surface area contributed by atoms with Gasteiger partial charge in [-0.2, -0.15) is 0 Å². The van der Waals surface area contributed by atoms with Gasteiger partial charge in [0.15, 0.2) is 17.5 Å². The number of hydrogen-bond acceptors (Lipinski definition) is 3. The van der Waals surface area contributed by atoms with E-state index in [-0.39, 0.29) is 0 Å². The maximum Gasteiger partial charge on any atom is 0.164 e. The van der Waals surface area contributed by atoms with Crippen LogP contribution < -0.4 is 0 Å². The molecule has 0 saturated carbocycles. The zero-order chi connectivity index (χ0) is 39.5. The number of hydrogen-bond donors (Lipinski definition) is 0. The van der Waals surface area contributed by atoms with E-state index in [4.69, 9.17) is 21.4 Å². The van der Waals surface area contributed by atoms with Crippen LogP contribution in [0.5, 0.6) is 0 Å². The molecule has 11 rings (SSSR count). The van der Waals surface area contributed by atoms with Crippen LogP contribution in [-0.4, -0.2) is 24.1 Å². The SMILES string of the molecule is C#C/C=C\C(=C/C)n1c2ccccc2c2c(-c3nc(-c4ccccc4)nc(-c4cccc5c(-n6c7ccccc7c7c8ccccc8ccc76)cccc45)n3)cccc21. The molecule has 0 unspecified atom stereocenters. The summed E-state index contributed by atoms with van der Waals surface area (Å²) in [5.74, 6) is 4.48. The predicted octanol–water partition coefficient (Wildman–Crippen LogP) is 13.4. The van der Waals surface area contributed by atoms with Crippen molar-refractivity contribution in [3.8, 4) is 52.2 Å². The van der Waals surface area contributed by atoms with Gasteiger partial charge in [0.1, 0.15) is 0 Å². The molecule has 0 spiro atoms. The Morgan fingerprint density at radius 1 is 0.492 bits per heavy atom. The number of benzene rings is 8. The highest BCUT2D eigenvalue weighted by atomic mass is 15.0. The van der Waals surface area contributed by atoms with Crippen molar-refractivity contribution in [3.05, 3.63) is 188 Å². The van der Waals surface area contributed by atoms with Gasteiger partial charge in [-0.3, -0.25) is 0 Å². The molecule has 5 heteroatoms. The molecule has 8 aromatic carbocycles. The van der Waals surface area contributed by atoms with E-state index in [0.29, 0.717) is 17.5 Å². The summed E-state index contributed by atoms with van der Waals surface area (Å²) in [5, 5.41) is 9.28. The predicted molar refractivity (Wildman–Crippen MR) is 246 cm³/mol. The zero-order valence-electron chi connectivity index (χ0n) is 32.2. The molecular formula is C54H35N5. The first-order valence-corrected chi connectivity index (χ1v) is 19.8. The Kier molecular flexibility index (Phi) is 8.02. The lowest BCUT2D eigenvalue weighted by molar-refractivity contribution is 1.08. The Balaban J connectivity index is 1.17. The van der Waals surface area contributed by atoms with Crippen LogP contribution in [0.3, 0.4) is 0 Å². The number of allylic oxidation sites excluding steroid dienone is 4. The third-order valence-corrected chi connectivity index (χ3v) is 11.5. The minimum Gasteiger partial charge on any atom is -0.310 e. The average molecular weight is 754 g/mol. The quantitative estimate of drug-likeness (QED) is 0.125. The van der Waals surface area contributed by atoms with Crippen molar-refractivity contribution in [1.82, 2.24) is 24.1 Å². The molecule has 11 aromatic rings. The van der Waals surface area contributed by atoms with Crippen LogP contribution in [0, 0.1) is 12.3 Å². The van der Waals surface area contributed by atoms with Crippen molar-refractivity contribution in [2.45, 2.75) is 6.92 Å². The molecule has 0 amide bonds. The topological polar surface area (TPSA) is 48.5 Å². The van der Waals surface area contributed by atoms with E-state index in [2.05, 4.69) is 173 Å². The molecular weight excluding hydrogens is 719 g/mol. The van der Waals surface area contributed by atoms with Crippen molar-refractivity contribution in [1.29, 1.82) is 0 Å². The molecule has 0 bridgehead atoms. The van der Waals surface area contributed by atoms with Gasteiger partial charge in [-0.15, -0.1) is 6.42 Å². The molecule has 3 aromatic heterocycles. The molecule has 3 heterocycles. The van der Waals surface area contributed by atoms with E-state index in [0.717, 1.165) is 66.2 Å². The van der Waals surface area contributed by atoms with Crippen LogP contribution in [0.2, 0.25) is 0 Å². The lowest BCUT2D eigenvalue weighted by Gasteiger charge is -2.15. The fraction of sp³-hybridized carbons (Fsp3) is 0.0185. The number of fused-ring (bicyclic) bond motifs is 9. The van der Waals surface area contributed by atoms with Crippen LogP contribution in [0.4, 0.5) is 0 Å². The molecule has 276 valence electrons. The van der Waals surface area contributed by atoms with Crippen LogP contribution >= 0.6 is 0 Å². The number of terminal acetylenes is 1. The Labute approximate surface area is 340 Å². The summed E-state index contributed by atoms with van der Waals surface area (Å²) in [4.78, 5) is 15.8. The number of nitrogens with zero attached hydrogens (tertiary/aromatic N) is 5. The molecule has 0 radical (unpaired) electrons. The highest BCUT2D eigenvalue weighted by Crippen LogP contribution is 2.41. The van der Waals surface area contributed by atoms with Crippen LogP contribution in [0.1, 0.15) is 6.92 Å². The highest BCUT2D eigenvalue weighted by molar-refractivity contribution is 6.22. The first-order chi connectivity index (χ1) is 29.2. The smallest absolute Gasteiger partial charge is 0.164 e. The first-order valence-electron chi connectivity index (χ1n) is 19.8. The molecule has 0 fully saturated rings. The lowest BCUT2D eigenvalue weighted by atomic mass is 10.0. The molecule has 0 saturated heterocycles. The number of rotatable bonds is 6.